The number of hydrazone groups is 1. The van der Waals surface area contributed by atoms with Crippen LogP contribution in [0, 0.1) is 10.1 Å². The molecule has 0 atom stereocenters. The lowest BCUT2D eigenvalue weighted by molar-refractivity contribution is -0.385. The van der Waals surface area contributed by atoms with Gasteiger partial charge in [-0.2, -0.15) is 5.10 Å². The molecule has 2 rings (SSSR count). The Bertz CT molecular complexity index is 732. The van der Waals surface area contributed by atoms with Crippen LogP contribution in [0.25, 0.3) is 0 Å². The Morgan fingerprint density at radius 2 is 1.96 bits per heavy atom. The SMILES string of the molecule is O=C(COc1ccccc1[N+](=O)[O-])N/N=C/c1ccc(Cl)cc1. The maximum Gasteiger partial charge on any atom is 0.310 e. The quantitative estimate of drug-likeness (QED) is 0.499. The lowest BCUT2D eigenvalue weighted by atomic mass is 10.2. The van der Waals surface area contributed by atoms with Crippen LogP contribution < -0.4 is 10.2 Å². The molecule has 1 amide bonds. The molecule has 0 saturated carbocycles. The minimum Gasteiger partial charge on any atom is -0.477 e. The van der Waals surface area contributed by atoms with E-state index in [2.05, 4.69) is 10.5 Å². The van der Waals surface area contributed by atoms with Crippen LogP contribution >= 0.6 is 11.6 Å². The molecule has 8 heteroatoms. The van der Waals surface area contributed by atoms with Crippen LogP contribution in [-0.4, -0.2) is 23.7 Å². The summed E-state index contributed by atoms with van der Waals surface area (Å²) in [6.07, 6.45) is 1.44. The maximum atomic E-state index is 11.6. The second-order valence-electron chi connectivity index (χ2n) is 4.36. The molecule has 118 valence electrons. The second kappa shape index (κ2) is 7.90. The van der Waals surface area contributed by atoms with Gasteiger partial charge in [0.2, 0.25) is 0 Å². The Morgan fingerprint density at radius 1 is 1.26 bits per heavy atom. The molecule has 0 aliphatic carbocycles. The van der Waals surface area contributed by atoms with Gasteiger partial charge in [0.1, 0.15) is 0 Å². The summed E-state index contributed by atoms with van der Waals surface area (Å²) >= 11 is 5.75. The zero-order chi connectivity index (χ0) is 16.7. The standard InChI is InChI=1S/C15H12ClN3O4/c16-12-7-5-11(6-8-12)9-17-18-15(20)10-23-14-4-2-1-3-13(14)19(21)22/h1-9H,10H2,(H,18,20)/b17-9+. The summed E-state index contributed by atoms with van der Waals surface area (Å²) in [6.45, 7) is -0.386. The molecule has 0 fully saturated rings. The Morgan fingerprint density at radius 3 is 2.65 bits per heavy atom. The summed E-state index contributed by atoms with van der Waals surface area (Å²) in [7, 11) is 0. The molecule has 0 unspecified atom stereocenters. The smallest absolute Gasteiger partial charge is 0.310 e. The van der Waals surface area contributed by atoms with E-state index in [1.165, 1.54) is 24.4 Å². The molecule has 0 aliphatic rings. The monoisotopic (exact) mass is 333 g/mol. The minimum absolute atomic E-state index is 0.0225. The van der Waals surface area contributed by atoms with Crippen LogP contribution in [0.4, 0.5) is 5.69 Å². The summed E-state index contributed by atoms with van der Waals surface area (Å²) < 4.78 is 5.13. The topological polar surface area (TPSA) is 93.8 Å². The van der Waals surface area contributed by atoms with Crippen LogP contribution in [0.15, 0.2) is 53.6 Å². The van der Waals surface area contributed by atoms with Gasteiger partial charge < -0.3 is 4.74 Å². The fourth-order valence-corrected chi connectivity index (χ4v) is 1.76. The van der Waals surface area contributed by atoms with E-state index < -0.39 is 10.8 Å². The molecule has 0 aromatic heterocycles. The van der Waals surface area contributed by atoms with Gasteiger partial charge in [-0.1, -0.05) is 35.9 Å². The Kier molecular flexibility index (Phi) is 5.65. The number of carbonyl (C=O) groups is 1. The van der Waals surface area contributed by atoms with Crippen molar-refractivity contribution >= 4 is 29.4 Å². The molecule has 0 saturated heterocycles. The number of hydrogen-bond acceptors (Lipinski definition) is 5. The average molecular weight is 334 g/mol. The van der Waals surface area contributed by atoms with Crippen molar-refractivity contribution in [3.05, 3.63) is 69.2 Å². The maximum absolute atomic E-state index is 11.6. The normalized spacial score (nSPS) is 10.5. The van der Waals surface area contributed by atoms with E-state index in [1.54, 1.807) is 30.3 Å². The molecule has 0 heterocycles. The predicted octanol–water partition coefficient (Wildman–Crippen LogP) is 2.78. The van der Waals surface area contributed by atoms with E-state index in [4.69, 9.17) is 16.3 Å². The fraction of sp³-hybridized carbons (Fsp3) is 0.0667. The van der Waals surface area contributed by atoms with Gasteiger partial charge >= 0.3 is 5.69 Å². The first-order valence-electron chi connectivity index (χ1n) is 6.50. The molecule has 7 nitrogen and oxygen atoms in total. The van der Waals surface area contributed by atoms with Crippen molar-refractivity contribution in [1.82, 2.24) is 5.43 Å². The highest BCUT2D eigenvalue weighted by Gasteiger charge is 2.14. The van der Waals surface area contributed by atoms with E-state index in [1.807, 2.05) is 0 Å². The van der Waals surface area contributed by atoms with E-state index in [0.717, 1.165) is 5.56 Å². The van der Waals surface area contributed by atoms with Crippen molar-refractivity contribution in [2.24, 2.45) is 5.10 Å². The summed E-state index contributed by atoms with van der Waals surface area (Å²) in [6, 6.07) is 12.7. The highest BCUT2D eigenvalue weighted by molar-refractivity contribution is 6.30. The Hall–Kier alpha value is -2.93. The molecular formula is C15H12ClN3O4. The molecule has 2 aromatic carbocycles. The largest absolute Gasteiger partial charge is 0.477 e. The number of rotatable bonds is 6. The lowest BCUT2D eigenvalue weighted by Crippen LogP contribution is -2.24. The number of ether oxygens (including phenoxy) is 1. The number of benzene rings is 2. The van der Waals surface area contributed by atoms with E-state index in [0.29, 0.717) is 5.02 Å². The van der Waals surface area contributed by atoms with Gasteiger partial charge in [-0.3, -0.25) is 14.9 Å². The Balaban J connectivity index is 1.86. The number of nitro groups is 1. The molecule has 0 aliphatic heterocycles. The number of nitro benzene ring substituents is 1. The van der Waals surface area contributed by atoms with E-state index >= 15 is 0 Å². The molecule has 23 heavy (non-hydrogen) atoms. The third-order valence-corrected chi connectivity index (χ3v) is 2.95. The summed E-state index contributed by atoms with van der Waals surface area (Å²) in [5.74, 6) is -0.511. The minimum atomic E-state index is -0.577. The first-order valence-corrected chi connectivity index (χ1v) is 6.88. The Labute approximate surface area is 136 Å². The third-order valence-electron chi connectivity index (χ3n) is 2.69. The predicted molar refractivity (Wildman–Crippen MR) is 85.8 cm³/mol. The molecule has 0 bridgehead atoms. The number of nitrogens with one attached hydrogen (secondary N) is 1. The van der Waals surface area contributed by atoms with Gasteiger partial charge in [0.05, 0.1) is 11.1 Å². The highest BCUT2D eigenvalue weighted by atomic mass is 35.5. The van der Waals surface area contributed by atoms with Gasteiger partial charge in [0.15, 0.2) is 12.4 Å². The van der Waals surface area contributed by atoms with Crippen LogP contribution in [0.5, 0.6) is 5.75 Å². The average Bonchev–Trinajstić information content (AvgIpc) is 2.55. The molecular weight excluding hydrogens is 322 g/mol. The molecule has 0 spiro atoms. The summed E-state index contributed by atoms with van der Waals surface area (Å²) in [5, 5.41) is 15.2. The van der Waals surface area contributed by atoms with Crippen LogP contribution in [0.2, 0.25) is 5.02 Å². The molecule has 2 aromatic rings. The third kappa shape index (κ3) is 5.08. The molecule has 0 radical (unpaired) electrons. The first kappa shape index (κ1) is 16.4. The lowest BCUT2D eigenvalue weighted by Gasteiger charge is -2.05. The number of amides is 1. The van der Waals surface area contributed by atoms with Gasteiger partial charge in [-0.05, 0) is 23.8 Å². The number of nitrogens with zero attached hydrogens (tertiary/aromatic N) is 2. The van der Waals surface area contributed by atoms with Crippen molar-refractivity contribution in [3.63, 3.8) is 0 Å². The zero-order valence-electron chi connectivity index (χ0n) is 11.8. The van der Waals surface area contributed by atoms with Gasteiger partial charge in [0, 0.05) is 11.1 Å². The van der Waals surface area contributed by atoms with Crippen molar-refractivity contribution in [2.45, 2.75) is 0 Å². The zero-order valence-corrected chi connectivity index (χ0v) is 12.6. The number of carbonyl (C=O) groups excluding carboxylic acids is 1. The van der Waals surface area contributed by atoms with Crippen molar-refractivity contribution in [2.75, 3.05) is 6.61 Å². The van der Waals surface area contributed by atoms with Crippen molar-refractivity contribution < 1.29 is 14.5 Å². The van der Waals surface area contributed by atoms with Crippen LogP contribution in [0.1, 0.15) is 5.56 Å². The van der Waals surface area contributed by atoms with Crippen molar-refractivity contribution in [3.8, 4) is 5.75 Å². The summed E-state index contributed by atoms with van der Waals surface area (Å²) in [4.78, 5) is 21.8. The van der Waals surface area contributed by atoms with Crippen molar-refractivity contribution in [1.29, 1.82) is 0 Å². The number of halogens is 1. The van der Waals surface area contributed by atoms with E-state index in [9.17, 15) is 14.9 Å². The van der Waals surface area contributed by atoms with Gasteiger partial charge in [-0.25, -0.2) is 5.43 Å². The van der Waals surface area contributed by atoms with Crippen LogP contribution in [-0.2, 0) is 4.79 Å². The number of para-hydroxylation sites is 2. The second-order valence-corrected chi connectivity index (χ2v) is 4.79. The van der Waals surface area contributed by atoms with Gasteiger partial charge in [0.25, 0.3) is 5.91 Å². The fourth-order valence-electron chi connectivity index (χ4n) is 1.63. The van der Waals surface area contributed by atoms with Gasteiger partial charge in [-0.15, -0.1) is 0 Å². The van der Waals surface area contributed by atoms with Crippen LogP contribution in [0.3, 0.4) is 0 Å². The first-order chi connectivity index (χ1) is 11.1. The highest BCUT2D eigenvalue weighted by Crippen LogP contribution is 2.25. The number of hydrogen-bond donors (Lipinski definition) is 1. The molecule has 1 N–H and O–H groups in total. The van der Waals surface area contributed by atoms with E-state index in [-0.39, 0.29) is 18.0 Å². The summed E-state index contributed by atoms with van der Waals surface area (Å²) in [5.41, 5.74) is 2.82.